The van der Waals surface area contributed by atoms with Crippen LogP contribution < -0.4 is 10.3 Å². The van der Waals surface area contributed by atoms with E-state index in [0.29, 0.717) is 22.2 Å². The van der Waals surface area contributed by atoms with Crippen molar-refractivity contribution < 1.29 is 23.8 Å². The summed E-state index contributed by atoms with van der Waals surface area (Å²) in [7, 11) is 0. The van der Waals surface area contributed by atoms with Crippen LogP contribution in [0.5, 0.6) is 5.75 Å². The van der Waals surface area contributed by atoms with Gasteiger partial charge in [0.25, 0.3) is 5.91 Å². The average Bonchev–Trinajstić information content (AvgIpc) is 3.34. The van der Waals surface area contributed by atoms with Crippen LogP contribution in [0, 0.1) is 20.8 Å². The van der Waals surface area contributed by atoms with Gasteiger partial charge < -0.3 is 14.3 Å². The van der Waals surface area contributed by atoms with Gasteiger partial charge in [-0.2, -0.15) is 0 Å². The highest BCUT2D eigenvalue weighted by molar-refractivity contribution is 7.17. The van der Waals surface area contributed by atoms with Crippen LogP contribution in [0.2, 0.25) is 0 Å². The van der Waals surface area contributed by atoms with Crippen molar-refractivity contribution in [2.45, 2.75) is 33.7 Å². The number of rotatable bonds is 4. The van der Waals surface area contributed by atoms with Crippen LogP contribution in [-0.4, -0.2) is 28.6 Å². The van der Waals surface area contributed by atoms with Crippen molar-refractivity contribution >= 4 is 39.3 Å². The van der Waals surface area contributed by atoms with E-state index in [2.05, 4.69) is 4.98 Å². The van der Waals surface area contributed by atoms with Crippen molar-refractivity contribution in [3.63, 3.8) is 0 Å². The molecule has 0 saturated carbocycles. The van der Waals surface area contributed by atoms with E-state index in [1.165, 1.54) is 17.0 Å². The number of phenolic OH excluding ortho intramolecular Hbond substituents is 1. The zero-order valence-corrected chi connectivity index (χ0v) is 20.4. The first-order chi connectivity index (χ1) is 16.7. The minimum Gasteiger partial charge on any atom is -0.508 e. The normalized spacial score (nSPS) is 15.0. The molecule has 1 atom stereocenters. The zero-order chi connectivity index (χ0) is 25.0. The number of benzene rings is 2. The average molecular weight is 491 g/mol. The molecule has 1 aliphatic heterocycles. The third-order valence-corrected chi connectivity index (χ3v) is 7.28. The first-order valence-corrected chi connectivity index (χ1v) is 11.9. The molecule has 9 heteroatoms. The third kappa shape index (κ3) is 3.59. The number of thiazole rings is 1. The number of carbonyl (C=O) groups is 2. The number of amides is 1. The zero-order valence-electron chi connectivity index (χ0n) is 19.5. The van der Waals surface area contributed by atoms with Crippen molar-refractivity contribution in [3.8, 4) is 5.75 Å². The number of hydrogen-bond donors (Lipinski definition) is 1. The van der Waals surface area contributed by atoms with E-state index in [4.69, 9.17) is 9.15 Å². The highest BCUT2D eigenvalue weighted by Crippen LogP contribution is 2.43. The summed E-state index contributed by atoms with van der Waals surface area (Å²) in [6.45, 7) is 7.40. The van der Waals surface area contributed by atoms with Crippen LogP contribution in [0.3, 0.4) is 0 Å². The third-order valence-electron chi connectivity index (χ3n) is 6.15. The summed E-state index contributed by atoms with van der Waals surface area (Å²) in [5.74, 6) is -1.06. The van der Waals surface area contributed by atoms with Crippen molar-refractivity contribution in [2.75, 3.05) is 11.5 Å². The van der Waals surface area contributed by atoms with Crippen molar-refractivity contribution in [1.82, 2.24) is 4.98 Å². The molecule has 8 nitrogen and oxygen atoms in total. The molecule has 0 saturated heterocycles. The van der Waals surface area contributed by atoms with E-state index >= 15 is 0 Å². The van der Waals surface area contributed by atoms with Crippen LogP contribution in [0.25, 0.3) is 11.0 Å². The topological polar surface area (TPSA) is 110 Å². The maximum Gasteiger partial charge on any atom is 0.350 e. The van der Waals surface area contributed by atoms with Crippen molar-refractivity contribution in [1.29, 1.82) is 0 Å². The summed E-state index contributed by atoms with van der Waals surface area (Å²) in [4.78, 5) is 46.0. The first kappa shape index (κ1) is 22.8. The molecule has 0 unspecified atom stereocenters. The second-order valence-corrected chi connectivity index (χ2v) is 9.38. The Hall–Kier alpha value is -3.98. The van der Waals surface area contributed by atoms with Gasteiger partial charge in [0.05, 0.1) is 29.3 Å². The summed E-state index contributed by atoms with van der Waals surface area (Å²) in [6.07, 6.45) is 0. The summed E-state index contributed by atoms with van der Waals surface area (Å²) in [6, 6.07) is 8.94. The van der Waals surface area contributed by atoms with Crippen LogP contribution >= 0.6 is 11.3 Å². The molecule has 1 aliphatic rings. The SMILES string of the molecule is CCOC(=O)c1sc(N2C(=O)c3oc4cc(C)c(C)cc4c(=O)c3[C@@H]2c2ccc(O)cc2)nc1C. The highest BCUT2D eigenvalue weighted by Gasteiger charge is 2.45. The lowest BCUT2D eigenvalue weighted by molar-refractivity contribution is 0.0531. The number of fused-ring (bicyclic) bond motifs is 2. The Morgan fingerprint density at radius 1 is 1.14 bits per heavy atom. The molecule has 0 aliphatic carbocycles. The number of aryl methyl sites for hydroxylation is 3. The van der Waals surface area contributed by atoms with Gasteiger partial charge in [-0.1, -0.05) is 23.5 Å². The largest absolute Gasteiger partial charge is 0.508 e. The predicted octanol–water partition coefficient (Wildman–Crippen LogP) is 4.81. The van der Waals surface area contributed by atoms with Gasteiger partial charge in [0.15, 0.2) is 10.6 Å². The van der Waals surface area contributed by atoms with Gasteiger partial charge in [-0.15, -0.1) is 0 Å². The molecular formula is C26H22N2O6S. The monoisotopic (exact) mass is 490 g/mol. The summed E-state index contributed by atoms with van der Waals surface area (Å²) >= 11 is 1.02. The first-order valence-electron chi connectivity index (χ1n) is 11.1. The van der Waals surface area contributed by atoms with Crippen LogP contribution in [0.1, 0.15) is 61.1 Å². The lowest BCUT2D eigenvalue weighted by atomic mass is 9.97. The molecule has 5 rings (SSSR count). The fourth-order valence-electron chi connectivity index (χ4n) is 4.27. The van der Waals surface area contributed by atoms with E-state index in [-0.39, 0.29) is 39.1 Å². The van der Waals surface area contributed by atoms with E-state index in [9.17, 15) is 19.5 Å². The Morgan fingerprint density at radius 3 is 2.51 bits per heavy atom. The maximum atomic E-state index is 13.7. The van der Waals surface area contributed by atoms with Crippen molar-refractivity contribution in [2.24, 2.45) is 0 Å². The molecule has 3 heterocycles. The van der Waals surface area contributed by atoms with Gasteiger partial charge in [0.2, 0.25) is 5.76 Å². The number of nitrogens with zero attached hydrogens (tertiary/aromatic N) is 2. The number of carbonyl (C=O) groups excluding carboxylic acids is 2. The predicted molar refractivity (Wildman–Crippen MR) is 132 cm³/mol. The number of esters is 1. The molecule has 0 fully saturated rings. The number of ether oxygens (including phenoxy) is 1. The number of aromatic hydroxyl groups is 1. The highest BCUT2D eigenvalue weighted by atomic mass is 32.1. The molecular weight excluding hydrogens is 468 g/mol. The summed E-state index contributed by atoms with van der Waals surface area (Å²) in [5.41, 5.74) is 3.11. The number of hydrogen-bond acceptors (Lipinski definition) is 8. The Bertz CT molecular complexity index is 1570. The molecule has 178 valence electrons. The molecule has 0 bridgehead atoms. The van der Waals surface area contributed by atoms with Gasteiger partial charge in [0, 0.05) is 0 Å². The van der Waals surface area contributed by atoms with E-state index in [0.717, 1.165) is 22.5 Å². The molecule has 35 heavy (non-hydrogen) atoms. The fraction of sp³-hybridized carbons (Fsp3) is 0.231. The van der Waals surface area contributed by atoms with E-state index in [1.54, 1.807) is 38.1 Å². The van der Waals surface area contributed by atoms with Crippen LogP contribution in [-0.2, 0) is 4.74 Å². The molecule has 4 aromatic rings. The van der Waals surface area contributed by atoms with Gasteiger partial charge in [-0.05, 0) is 68.7 Å². The Kier molecular flexibility index (Phi) is 5.44. The number of aromatic nitrogens is 1. The number of anilines is 1. The van der Waals surface area contributed by atoms with E-state index < -0.39 is 17.9 Å². The second-order valence-electron chi connectivity index (χ2n) is 8.41. The van der Waals surface area contributed by atoms with Gasteiger partial charge in [0.1, 0.15) is 16.2 Å². The Morgan fingerprint density at radius 2 is 1.83 bits per heavy atom. The van der Waals surface area contributed by atoms with Crippen molar-refractivity contribution in [3.05, 3.63) is 85.2 Å². The van der Waals surface area contributed by atoms with Gasteiger partial charge in [-0.25, -0.2) is 9.78 Å². The fourth-order valence-corrected chi connectivity index (χ4v) is 5.26. The molecule has 1 N–H and O–H groups in total. The van der Waals surface area contributed by atoms with Crippen LogP contribution in [0.15, 0.2) is 45.6 Å². The second kappa shape index (κ2) is 8.35. The maximum absolute atomic E-state index is 13.7. The standard InChI is InChI=1S/C26H22N2O6S/c1-5-33-25(32)23-14(4)27-26(35-23)28-20(15-6-8-16(29)9-7-15)19-21(30)17-10-12(2)13(3)11-18(17)34-22(19)24(28)31/h6-11,20,29H,5H2,1-4H3/t20-/m0/s1. The quantitative estimate of drug-likeness (QED) is 0.409. The van der Waals surface area contributed by atoms with Crippen LogP contribution in [0.4, 0.5) is 5.13 Å². The lowest BCUT2D eigenvalue weighted by Gasteiger charge is -2.22. The minimum atomic E-state index is -0.846. The lowest BCUT2D eigenvalue weighted by Crippen LogP contribution is -2.29. The molecule has 0 radical (unpaired) electrons. The molecule has 2 aromatic heterocycles. The summed E-state index contributed by atoms with van der Waals surface area (Å²) < 4.78 is 11.2. The summed E-state index contributed by atoms with van der Waals surface area (Å²) in [5, 5.41) is 10.4. The molecule has 1 amide bonds. The smallest absolute Gasteiger partial charge is 0.350 e. The Labute approximate surface area is 204 Å². The van der Waals surface area contributed by atoms with Gasteiger partial charge in [-0.3, -0.25) is 14.5 Å². The van der Waals surface area contributed by atoms with Gasteiger partial charge >= 0.3 is 5.97 Å². The molecule has 0 spiro atoms. The number of phenols is 1. The van der Waals surface area contributed by atoms with E-state index in [1.807, 2.05) is 13.8 Å². The minimum absolute atomic E-state index is 0.0520. The molecule has 2 aromatic carbocycles. The Balaban J connectivity index is 1.76.